The van der Waals surface area contributed by atoms with Crippen molar-refractivity contribution in [2.24, 2.45) is 0 Å². The Bertz CT molecular complexity index is 503. The molecule has 1 aromatic heterocycles. The third-order valence-electron chi connectivity index (χ3n) is 3.37. The molecule has 2 aromatic rings. The van der Waals surface area contributed by atoms with Crippen molar-refractivity contribution in [1.82, 2.24) is 0 Å². The lowest BCUT2D eigenvalue weighted by molar-refractivity contribution is 0.282. The highest BCUT2D eigenvalue weighted by molar-refractivity contribution is 5.55. The van der Waals surface area contributed by atoms with E-state index in [0.717, 1.165) is 23.6 Å². The summed E-state index contributed by atoms with van der Waals surface area (Å²) in [5.74, 6) is 0.967. The number of benzene rings is 1. The summed E-state index contributed by atoms with van der Waals surface area (Å²) in [4.78, 5) is 2.34. The van der Waals surface area contributed by atoms with Crippen LogP contribution in [0.2, 0.25) is 0 Å². The quantitative estimate of drug-likeness (QED) is 0.877. The fourth-order valence-electron chi connectivity index (χ4n) is 2.29. The molecule has 1 aliphatic carbocycles. The van der Waals surface area contributed by atoms with E-state index in [1.54, 1.807) is 6.26 Å². The van der Waals surface area contributed by atoms with E-state index in [9.17, 15) is 5.11 Å². The molecule has 0 aliphatic heterocycles. The van der Waals surface area contributed by atoms with Gasteiger partial charge in [-0.3, -0.25) is 0 Å². The number of para-hydroxylation sites is 1. The van der Waals surface area contributed by atoms with Gasteiger partial charge < -0.3 is 14.4 Å². The molecule has 94 valence electrons. The molecule has 3 heteroatoms. The Morgan fingerprint density at radius 3 is 2.67 bits per heavy atom. The minimum absolute atomic E-state index is 0.0809. The number of furan rings is 1. The van der Waals surface area contributed by atoms with Crippen LogP contribution in [-0.4, -0.2) is 11.1 Å². The summed E-state index contributed by atoms with van der Waals surface area (Å²) in [7, 11) is 0. The van der Waals surface area contributed by atoms with Gasteiger partial charge >= 0.3 is 0 Å². The fraction of sp³-hybridized carbons (Fsp3) is 0.333. The lowest BCUT2D eigenvalue weighted by atomic mass is 10.1. The van der Waals surface area contributed by atoms with Gasteiger partial charge in [0.1, 0.15) is 5.76 Å². The maximum absolute atomic E-state index is 9.45. The van der Waals surface area contributed by atoms with E-state index >= 15 is 0 Å². The van der Waals surface area contributed by atoms with E-state index in [4.69, 9.17) is 4.42 Å². The van der Waals surface area contributed by atoms with Gasteiger partial charge in [0.2, 0.25) is 0 Å². The van der Waals surface area contributed by atoms with Crippen LogP contribution in [-0.2, 0) is 13.2 Å². The lowest BCUT2D eigenvalue weighted by Gasteiger charge is -2.25. The van der Waals surface area contributed by atoms with Crippen molar-refractivity contribution in [1.29, 1.82) is 0 Å². The van der Waals surface area contributed by atoms with Crippen molar-refractivity contribution < 1.29 is 9.52 Å². The van der Waals surface area contributed by atoms with E-state index in [0.29, 0.717) is 6.04 Å². The molecule has 0 bridgehead atoms. The zero-order valence-electron chi connectivity index (χ0n) is 10.2. The van der Waals surface area contributed by atoms with E-state index in [1.807, 2.05) is 30.3 Å². The molecule has 0 atom stereocenters. The number of nitrogens with zero attached hydrogens (tertiary/aromatic N) is 1. The SMILES string of the molecule is OCc1ccccc1N(Cc1ccco1)C1CC1. The van der Waals surface area contributed by atoms with Gasteiger partial charge in [-0.15, -0.1) is 0 Å². The number of hydrogen-bond acceptors (Lipinski definition) is 3. The van der Waals surface area contributed by atoms with E-state index in [-0.39, 0.29) is 6.61 Å². The minimum Gasteiger partial charge on any atom is -0.467 e. The molecule has 1 N–H and O–H groups in total. The van der Waals surface area contributed by atoms with Crippen molar-refractivity contribution >= 4 is 5.69 Å². The fourth-order valence-corrected chi connectivity index (χ4v) is 2.29. The topological polar surface area (TPSA) is 36.6 Å². The van der Waals surface area contributed by atoms with Crippen LogP contribution in [0.5, 0.6) is 0 Å². The Labute approximate surface area is 107 Å². The zero-order chi connectivity index (χ0) is 12.4. The summed E-state index contributed by atoms with van der Waals surface area (Å²) in [6, 6.07) is 12.5. The molecular weight excluding hydrogens is 226 g/mol. The average Bonchev–Trinajstić information content (AvgIpc) is 3.13. The maximum atomic E-state index is 9.45. The molecule has 1 aromatic carbocycles. The summed E-state index contributed by atoms with van der Waals surface area (Å²) in [6.07, 6.45) is 4.15. The predicted octanol–water partition coefficient (Wildman–Crippen LogP) is 2.94. The monoisotopic (exact) mass is 243 g/mol. The Morgan fingerprint density at radius 2 is 2.00 bits per heavy atom. The van der Waals surface area contributed by atoms with Gasteiger partial charge in [-0.25, -0.2) is 0 Å². The summed E-state index contributed by atoms with van der Waals surface area (Å²) in [5.41, 5.74) is 2.11. The molecule has 0 unspecified atom stereocenters. The molecular formula is C15H17NO2. The molecule has 0 spiro atoms. The van der Waals surface area contributed by atoms with Gasteiger partial charge in [0.05, 0.1) is 19.4 Å². The lowest BCUT2D eigenvalue weighted by Crippen LogP contribution is -2.25. The normalized spacial score (nSPS) is 14.7. The van der Waals surface area contributed by atoms with Gasteiger partial charge in [0.15, 0.2) is 0 Å². The molecule has 1 heterocycles. The van der Waals surface area contributed by atoms with Crippen molar-refractivity contribution in [3.8, 4) is 0 Å². The van der Waals surface area contributed by atoms with Crippen molar-refractivity contribution in [2.75, 3.05) is 4.90 Å². The summed E-state index contributed by atoms with van der Waals surface area (Å²) in [5, 5.41) is 9.45. The third kappa shape index (κ3) is 2.27. The molecule has 1 aliphatic rings. The van der Waals surface area contributed by atoms with Crippen LogP contribution in [0.3, 0.4) is 0 Å². The van der Waals surface area contributed by atoms with Crippen molar-refractivity contribution in [3.05, 3.63) is 54.0 Å². The second-order valence-electron chi connectivity index (χ2n) is 4.73. The Kier molecular flexibility index (Phi) is 3.07. The Morgan fingerprint density at radius 1 is 1.17 bits per heavy atom. The van der Waals surface area contributed by atoms with Crippen LogP contribution in [0.4, 0.5) is 5.69 Å². The van der Waals surface area contributed by atoms with Crippen LogP contribution < -0.4 is 4.90 Å². The number of hydrogen-bond donors (Lipinski definition) is 1. The van der Waals surface area contributed by atoms with Crippen molar-refractivity contribution in [2.45, 2.75) is 32.0 Å². The zero-order valence-corrected chi connectivity index (χ0v) is 10.2. The molecule has 0 radical (unpaired) electrons. The molecule has 0 amide bonds. The molecule has 18 heavy (non-hydrogen) atoms. The van der Waals surface area contributed by atoms with E-state index in [2.05, 4.69) is 11.0 Å². The second kappa shape index (κ2) is 4.86. The Balaban J connectivity index is 1.89. The van der Waals surface area contributed by atoms with E-state index in [1.165, 1.54) is 12.8 Å². The van der Waals surface area contributed by atoms with Crippen LogP contribution >= 0.6 is 0 Å². The third-order valence-corrected chi connectivity index (χ3v) is 3.37. The highest BCUT2D eigenvalue weighted by Crippen LogP contribution is 2.34. The van der Waals surface area contributed by atoms with Crippen LogP contribution in [0, 0.1) is 0 Å². The highest BCUT2D eigenvalue weighted by Gasteiger charge is 2.30. The first kappa shape index (κ1) is 11.4. The smallest absolute Gasteiger partial charge is 0.123 e. The molecule has 1 fully saturated rings. The van der Waals surface area contributed by atoms with Gasteiger partial charge in [0.25, 0.3) is 0 Å². The van der Waals surface area contributed by atoms with Gasteiger partial charge in [-0.1, -0.05) is 18.2 Å². The predicted molar refractivity (Wildman–Crippen MR) is 70.3 cm³/mol. The highest BCUT2D eigenvalue weighted by atomic mass is 16.3. The molecule has 1 saturated carbocycles. The van der Waals surface area contributed by atoms with Gasteiger partial charge in [0, 0.05) is 17.3 Å². The number of rotatable bonds is 5. The first-order valence-electron chi connectivity index (χ1n) is 6.36. The van der Waals surface area contributed by atoms with Crippen molar-refractivity contribution in [3.63, 3.8) is 0 Å². The molecule has 0 saturated heterocycles. The molecule has 3 nitrogen and oxygen atoms in total. The second-order valence-corrected chi connectivity index (χ2v) is 4.73. The molecule has 3 rings (SSSR count). The van der Waals surface area contributed by atoms with E-state index < -0.39 is 0 Å². The maximum Gasteiger partial charge on any atom is 0.123 e. The largest absolute Gasteiger partial charge is 0.467 e. The first-order valence-corrected chi connectivity index (χ1v) is 6.36. The first-order chi connectivity index (χ1) is 8.88. The minimum atomic E-state index is 0.0809. The number of aliphatic hydroxyl groups is 1. The summed E-state index contributed by atoms with van der Waals surface area (Å²) in [6.45, 7) is 0.853. The van der Waals surface area contributed by atoms with Gasteiger partial charge in [-0.2, -0.15) is 0 Å². The summed E-state index contributed by atoms with van der Waals surface area (Å²) >= 11 is 0. The number of anilines is 1. The Hall–Kier alpha value is -1.74. The number of aliphatic hydroxyl groups excluding tert-OH is 1. The summed E-state index contributed by atoms with van der Waals surface area (Å²) < 4.78 is 5.43. The van der Waals surface area contributed by atoms with Crippen LogP contribution in [0.25, 0.3) is 0 Å². The standard InChI is InChI=1S/C15H17NO2/c17-11-12-4-1-2-6-15(12)16(13-7-8-13)10-14-5-3-9-18-14/h1-6,9,13,17H,7-8,10-11H2. The average molecular weight is 243 g/mol. The van der Waals surface area contributed by atoms with Crippen LogP contribution in [0.15, 0.2) is 47.1 Å². The van der Waals surface area contributed by atoms with Gasteiger partial charge in [-0.05, 0) is 31.0 Å². The van der Waals surface area contributed by atoms with Crippen LogP contribution in [0.1, 0.15) is 24.2 Å².